The standard InChI is InChI=1S/C14H14N2O/c17-10-12-9-11-5-1-2-6-13(11)15-14(12)16-7-3-4-8-16/h1-2,5-6,9-10H,3-4,7-8H2. The van der Waals surface area contributed by atoms with Crippen LogP contribution in [0.2, 0.25) is 0 Å². The molecule has 0 aliphatic carbocycles. The first-order valence-corrected chi connectivity index (χ1v) is 5.98. The maximum Gasteiger partial charge on any atom is 0.153 e. The van der Waals surface area contributed by atoms with Crippen molar-refractivity contribution in [2.45, 2.75) is 12.8 Å². The fraction of sp³-hybridized carbons (Fsp3) is 0.286. The molecular weight excluding hydrogens is 212 g/mol. The minimum atomic E-state index is 0.700. The number of benzene rings is 1. The lowest BCUT2D eigenvalue weighted by molar-refractivity contribution is 0.112. The van der Waals surface area contributed by atoms with E-state index in [9.17, 15) is 4.79 Å². The summed E-state index contributed by atoms with van der Waals surface area (Å²) in [5, 5.41) is 1.03. The molecule has 0 amide bonds. The number of hydrogen-bond acceptors (Lipinski definition) is 3. The Hall–Kier alpha value is -1.90. The monoisotopic (exact) mass is 226 g/mol. The Kier molecular flexibility index (Phi) is 2.52. The van der Waals surface area contributed by atoms with E-state index in [0.717, 1.165) is 36.1 Å². The van der Waals surface area contributed by atoms with Crippen molar-refractivity contribution in [1.29, 1.82) is 0 Å². The number of fused-ring (bicyclic) bond motifs is 1. The van der Waals surface area contributed by atoms with Crippen molar-refractivity contribution in [2.75, 3.05) is 18.0 Å². The lowest BCUT2D eigenvalue weighted by Crippen LogP contribution is -2.20. The molecule has 1 aliphatic rings. The van der Waals surface area contributed by atoms with Gasteiger partial charge in [-0.15, -0.1) is 0 Å². The Balaban J connectivity index is 2.17. The molecule has 86 valence electrons. The molecule has 0 spiro atoms. The van der Waals surface area contributed by atoms with E-state index in [4.69, 9.17) is 0 Å². The Morgan fingerprint density at radius 2 is 1.94 bits per heavy atom. The number of pyridine rings is 1. The Bertz CT molecular complexity index is 559. The van der Waals surface area contributed by atoms with Gasteiger partial charge in [-0.25, -0.2) is 4.98 Å². The van der Waals surface area contributed by atoms with Gasteiger partial charge in [0.05, 0.1) is 11.1 Å². The molecule has 2 aromatic rings. The van der Waals surface area contributed by atoms with Crippen LogP contribution in [0.1, 0.15) is 23.2 Å². The van der Waals surface area contributed by atoms with Crippen LogP contribution in [0, 0.1) is 0 Å². The number of hydrogen-bond donors (Lipinski definition) is 0. The summed E-state index contributed by atoms with van der Waals surface area (Å²) in [6, 6.07) is 9.85. The highest BCUT2D eigenvalue weighted by Gasteiger charge is 2.17. The van der Waals surface area contributed by atoms with Crippen LogP contribution < -0.4 is 4.90 Å². The molecule has 1 aromatic carbocycles. The number of aldehydes is 1. The number of aromatic nitrogens is 1. The Morgan fingerprint density at radius 3 is 2.71 bits per heavy atom. The summed E-state index contributed by atoms with van der Waals surface area (Å²) in [7, 11) is 0. The first-order valence-electron chi connectivity index (χ1n) is 5.98. The second kappa shape index (κ2) is 4.17. The molecule has 1 saturated heterocycles. The molecule has 3 heteroatoms. The average molecular weight is 226 g/mol. The highest BCUT2D eigenvalue weighted by molar-refractivity contribution is 5.91. The summed E-state index contributed by atoms with van der Waals surface area (Å²) in [6.07, 6.45) is 3.28. The van der Waals surface area contributed by atoms with Crippen molar-refractivity contribution in [1.82, 2.24) is 4.98 Å². The van der Waals surface area contributed by atoms with E-state index in [-0.39, 0.29) is 0 Å². The van der Waals surface area contributed by atoms with Crippen molar-refractivity contribution in [3.8, 4) is 0 Å². The predicted molar refractivity (Wildman–Crippen MR) is 68.6 cm³/mol. The summed E-state index contributed by atoms with van der Waals surface area (Å²) in [6.45, 7) is 2.01. The van der Waals surface area contributed by atoms with Gasteiger partial charge in [-0.2, -0.15) is 0 Å². The van der Waals surface area contributed by atoms with Gasteiger partial charge in [0, 0.05) is 18.5 Å². The molecular formula is C14H14N2O. The molecule has 0 bridgehead atoms. The first kappa shape index (κ1) is 10.3. The molecule has 1 aliphatic heterocycles. The molecule has 0 saturated carbocycles. The van der Waals surface area contributed by atoms with Crippen molar-refractivity contribution >= 4 is 23.0 Å². The minimum absolute atomic E-state index is 0.700. The summed E-state index contributed by atoms with van der Waals surface area (Å²) in [5.74, 6) is 0.844. The smallest absolute Gasteiger partial charge is 0.153 e. The zero-order valence-corrected chi connectivity index (χ0v) is 9.60. The van der Waals surface area contributed by atoms with Crippen LogP contribution in [0.4, 0.5) is 5.82 Å². The SMILES string of the molecule is O=Cc1cc2ccccc2nc1N1CCCC1. The molecule has 0 N–H and O–H groups in total. The van der Waals surface area contributed by atoms with E-state index < -0.39 is 0 Å². The van der Waals surface area contributed by atoms with E-state index in [1.165, 1.54) is 12.8 Å². The molecule has 0 unspecified atom stereocenters. The maximum atomic E-state index is 11.2. The van der Waals surface area contributed by atoms with Crippen LogP contribution in [0.3, 0.4) is 0 Å². The summed E-state index contributed by atoms with van der Waals surface area (Å²) in [4.78, 5) is 18.0. The van der Waals surface area contributed by atoms with Gasteiger partial charge in [-0.3, -0.25) is 4.79 Å². The third-order valence-electron chi connectivity index (χ3n) is 3.26. The quantitative estimate of drug-likeness (QED) is 0.738. The fourth-order valence-corrected chi connectivity index (χ4v) is 2.39. The van der Waals surface area contributed by atoms with E-state index >= 15 is 0 Å². The Morgan fingerprint density at radius 1 is 1.18 bits per heavy atom. The van der Waals surface area contributed by atoms with E-state index in [1.807, 2.05) is 30.3 Å². The number of nitrogens with zero attached hydrogens (tertiary/aromatic N) is 2. The molecule has 1 aromatic heterocycles. The fourth-order valence-electron chi connectivity index (χ4n) is 2.39. The van der Waals surface area contributed by atoms with Crippen molar-refractivity contribution in [2.24, 2.45) is 0 Å². The number of carbonyl (C=O) groups is 1. The molecule has 0 radical (unpaired) electrons. The molecule has 17 heavy (non-hydrogen) atoms. The van der Waals surface area contributed by atoms with Crippen LogP contribution in [-0.2, 0) is 0 Å². The minimum Gasteiger partial charge on any atom is -0.356 e. The normalized spacial score (nSPS) is 15.4. The topological polar surface area (TPSA) is 33.2 Å². The summed E-state index contributed by atoms with van der Waals surface area (Å²) >= 11 is 0. The van der Waals surface area contributed by atoms with E-state index in [1.54, 1.807) is 0 Å². The van der Waals surface area contributed by atoms with Crippen LogP contribution in [0.15, 0.2) is 30.3 Å². The van der Waals surface area contributed by atoms with E-state index in [2.05, 4.69) is 9.88 Å². The van der Waals surface area contributed by atoms with Crippen molar-refractivity contribution in [3.05, 3.63) is 35.9 Å². The van der Waals surface area contributed by atoms with Gasteiger partial charge in [0.1, 0.15) is 5.82 Å². The zero-order valence-electron chi connectivity index (χ0n) is 9.60. The Labute approximate surface area is 100 Å². The van der Waals surface area contributed by atoms with Gasteiger partial charge >= 0.3 is 0 Å². The van der Waals surface area contributed by atoms with Gasteiger partial charge < -0.3 is 4.90 Å². The van der Waals surface area contributed by atoms with Crippen LogP contribution in [0.25, 0.3) is 10.9 Å². The van der Waals surface area contributed by atoms with Crippen LogP contribution in [0.5, 0.6) is 0 Å². The van der Waals surface area contributed by atoms with Crippen LogP contribution in [-0.4, -0.2) is 24.4 Å². The molecule has 0 atom stereocenters. The second-order valence-electron chi connectivity index (χ2n) is 4.41. The van der Waals surface area contributed by atoms with Gasteiger partial charge in [0.2, 0.25) is 0 Å². The van der Waals surface area contributed by atoms with Crippen molar-refractivity contribution in [3.63, 3.8) is 0 Å². The number of anilines is 1. The first-order chi connectivity index (χ1) is 8.38. The molecule has 3 rings (SSSR count). The highest BCUT2D eigenvalue weighted by atomic mass is 16.1. The van der Waals surface area contributed by atoms with Gasteiger partial charge in [-0.05, 0) is 25.0 Å². The highest BCUT2D eigenvalue weighted by Crippen LogP contribution is 2.25. The molecule has 3 nitrogen and oxygen atoms in total. The van der Waals surface area contributed by atoms with Gasteiger partial charge in [-0.1, -0.05) is 18.2 Å². The average Bonchev–Trinajstić information content (AvgIpc) is 2.91. The third-order valence-corrected chi connectivity index (χ3v) is 3.26. The second-order valence-corrected chi connectivity index (χ2v) is 4.41. The lowest BCUT2D eigenvalue weighted by atomic mass is 10.1. The van der Waals surface area contributed by atoms with Gasteiger partial charge in [0.25, 0.3) is 0 Å². The largest absolute Gasteiger partial charge is 0.356 e. The number of carbonyl (C=O) groups excluding carboxylic acids is 1. The van der Waals surface area contributed by atoms with Gasteiger partial charge in [0.15, 0.2) is 6.29 Å². The number of para-hydroxylation sites is 1. The maximum absolute atomic E-state index is 11.2. The lowest BCUT2D eigenvalue weighted by Gasteiger charge is -2.18. The predicted octanol–water partition coefficient (Wildman–Crippen LogP) is 2.65. The zero-order chi connectivity index (χ0) is 11.7. The van der Waals surface area contributed by atoms with Crippen molar-refractivity contribution < 1.29 is 4.79 Å². The van der Waals surface area contributed by atoms with Crippen LogP contribution >= 0.6 is 0 Å². The van der Waals surface area contributed by atoms with E-state index in [0.29, 0.717) is 5.56 Å². The summed E-state index contributed by atoms with van der Waals surface area (Å²) < 4.78 is 0. The summed E-state index contributed by atoms with van der Waals surface area (Å²) in [5.41, 5.74) is 1.66. The third kappa shape index (κ3) is 1.78. The number of rotatable bonds is 2. The molecule has 1 fully saturated rings. The molecule has 2 heterocycles.